The van der Waals surface area contributed by atoms with Gasteiger partial charge in [-0.25, -0.2) is 9.59 Å². The molecule has 0 aromatic heterocycles. The Labute approximate surface area is 81.1 Å². The third-order valence-electron chi connectivity index (χ3n) is 1.54. The smallest absolute Gasteiger partial charge is 0.338 e. The van der Waals surface area contributed by atoms with Crippen molar-refractivity contribution in [3.8, 4) is 0 Å². The number of carbonyl (C=O) groups excluding carboxylic acids is 1. The molecule has 82 valence electrons. The van der Waals surface area contributed by atoms with E-state index in [2.05, 4.69) is 4.74 Å². The van der Waals surface area contributed by atoms with E-state index in [1.165, 1.54) is 0 Å². The fraction of sp³-hybridized carbons (Fsp3) is 0.750. The molecule has 0 unspecified atom stereocenters. The van der Waals surface area contributed by atoms with Crippen molar-refractivity contribution in [2.45, 2.75) is 32.0 Å². The molecule has 0 aliphatic heterocycles. The first-order chi connectivity index (χ1) is 6.50. The lowest BCUT2D eigenvalue weighted by molar-refractivity contribution is -0.169. The van der Waals surface area contributed by atoms with Gasteiger partial charge in [0.05, 0.1) is 6.61 Å². The second-order valence-electron chi connectivity index (χ2n) is 2.75. The maximum Gasteiger partial charge on any atom is 0.338 e. The molecule has 0 saturated heterocycles. The molecule has 6 heteroatoms. The van der Waals surface area contributed by atoms with E-state index < -0.39 is 24.1 Å². The molecule has 0 aromatic rings. The third kappa shape index (κ3) is 4.20. The Morgan fingerprint density at radius 2 is 1.86 bits per heavy atom. The lowest BCUT2D eigenvalue weighted by Gasteiger charge is -2.12. The highest BCUT2D eigenvalue weighted by atomic mass is 16.5. The molecule has 0 saturated carbocycles. The predicted octanol–water partition coefficient (Wildman–Crippen LogP) is -0.864. The summed E-state index contributed by atoms with van der Waals surface area (Å²) < 4.78 is 4.50. The summed E-state index contributed by atoms with van der Waals surface area (Å²) in [6, 6.07) is 0. The lowest BCUT2D eigenvalue weighted by atomic mass is 10.2. The molecule has 6 nitrogen and oxygen atoms in total. The summed E-state index contributed by atoms with van der Waals surface area (Å²) in [7, 11) is 0. The van der Waals surface area contributed by atoms with Crippen LogP contribution in [-0.2, 0) is 14.3 Å². The van der Waals surface area contributed by atoms with Crippen LogP contribution in [0.15, 0.2) is 0 Å². The van der Waals surface area contributed by atoms with E-state index in [0.29, 0.717) is 6.42 Å². The van der Waals surface area contributed by atoms with Gasteiger partial charge in [0, 0.05) is 0 Å². The van der Waals surface area contributed by atoms with Crippen molar-refractivity contribution in [1.29, 1.82) is 0 Å². The summed E-state index contributed by atoms with van der Waals surface area (Å²) in [6.45, 7) is 2.00. The van der Waals surface area contributed by atoms with Crippen LogP contribution >= 0.6 is 0 Å². The Morgan fingerprint density at radius 3 is 2.29 bits per heavy atom. The van der Waals surface area contributed by atoms with Crippen LogP contribution in [-0.4, -0.2) is 46.1 Å². The molecular formula is C8H14O6. The standard InChI is InChI=1S/C8H14O6/c1-2-3-4-14-8(13)6(10)5(9)7(11)12/h5-6,9-10H,2-4H2,1H3,(H,11,12)/t5-,6-/m1/s1. The highest BCUT2D eigenvalue weighted by molar-refractivity contribution is 5.84. The van der Waals surface area contributed by atoms with Crippen molar-refractivity contribution >= 4 is 11.9 Å². The maximum atomic E-state index is 10.9. The van der Waals surface area contributed by atoms with Gasteiger partial charge >= 0.3 is 11.9 Å². The molecule has 0 bridgehead atoms. The molecule has 0 aliphatic carbocycles. The minimum Gasteiger partial charge on any atom is -0.479 e. The van der Waals surface area contributed by atoms with Crippen LogP contribution in [0.5, 0.6) is 0 Å². The predicted molar refractivity (Wildman–Crippen MR) is 45.5 cm³/mol. The van der Waals surface area contributed by atoms with Crippen molar-refractivity contribution in [3.05, 3.63) is 0 Å². The molecule has 0 fully saturated rings. The molecule has 0 spiro atoms. The van der Waals surface area contributed by atoms with Gasteiger partial charge in [-0.1, -0.05) is 13.3 Å². The Balaban J connectivity index is 3.92. The SMILES string of the molecule is CCCCOC(=O)[C@H](O)[C@@H](O)C(=O)O. The van der Waals surface area contributed by atoms with Crippen LogP contribution in [0.25, 0.3) is 0 Å². The van der Waals surface area contributed by atoms with Crippen molar-refractivity contribution in [3.63, 3.8) is 0 Å². The molecule has 0 rings (SSSR count). The number of ether oxygens (including phenoxy) is 1. The Morgan fingerprint density at radius 1 is 1.29 bits per heavy atom. The van der Waals surface area contributed by atoms with Gasteiger partial charge in [0.2, 0.25) is 0 Å². The second-order valence-corrected chi connectivity index (χ2v) is 2.75. The van der Waals surface area contributed by atoms with E-state index in [-0.39, 0.29) is 6.61 Å². The molecule has 0 aliphatic rings. The first-order valence-electron chi connectivity index (χ1n) is 4.26. The van der Waals surface area contributed by atoms with E-state index in [4.69, 9.17) is 15.3 Å². The summed E-state index contributed by atoms with van der Waals surface area (Å²) >= 11 is 0. The lowest BCUT2D eigenvalue weighted by Crippen LogP contribution is -2.40. The van der Waals surface area contributed by atoms with E-state index >= 15 is 0 Å². The van der Waals surface area contributed by atoms with Gasteiger partial charge in [0.25, 0.3) is 0 Å². The van der Waals surface area contributed by atoms with Gasteiger partial charge in [0.15, 0.2) is 12.2 Å². The van der Waals surface area contributed by atoms with Crippen LogP contribution in [0.1, 0.15) is 19.8 Å². The number of carboxylic acids is 1. The van der Waals surface area contributed by atoms with Crippen molar-refractivity contribution in [2.24, 2.45) is 0 Å². The van der Waals surface area contributed by atoms with Crippen LogP contribution < -0.4 is 0 Å². The van der Waals surface area contributed by atoms with Gasteiger partial charge in [-0.05, 0) is 6.42 Å². The largest absolute Gasteiger partial charge is 0.479 e. The fourth-order valence-corrected chi connectivity index (χ4v) is 0.666. The van der Waals surface area contributed by atoms with Gasteiger partial charge in [-0.2, -0.15) is 0 Å². The zero-order valence-corrected chi connectivity index (χ0v) is 7.84. The molecule has 3 N–H and O–H groups in total. The summed E-state index contributed by atoms with van der Waals surface area (Å²) in [5.74, 6) is -2.78. The first kappa shape index (κ1) is 12.9. The molecular weight excluding hydrogens is 192 g/mol. The molecule has 0 radical (unpaired) electrons. The number of aliphatic hydroxyl groups is 2. The number of hydrogen-bond donors (Lipinski definition) is 3. The summed E-state index contributed by atoms with van der Waals surface area (Å²) in [6.07, 6.45) is -2.72. The maximum absolute atomic E-state index is 10.9. The Hall–Kier alpha value is -1.14. The van der Waals surface area contributed by atoms with E-state index in [1.54, 1.807) is 0 Å². The molecule has 14 heavy (non-hydrogen) atoms. The number of carbonyl (C=O) groups is 2. The second kappa shape index (κ2) is 6.33. The summed E-state index contributed by atoms with van der Waals surface area (Å²) in [4.78, 5) is 21.0. The monoisotopic (exact) mass is 206 g/mol. The van der Waals surface area contributed by atoms with E-state index in [9.17, 15) is 9.59 Å². The van der Waals surface area contributed by atoms with Crippen molar-refractivity contribution in [1.82, 2.24) is 0 Å². The van der Waals surface area contributed by atoms with Crippen LogP contribution in [0, 0.1) is 0 Å². The van der Waals surface area contributed by atoms with Crippen LogP contribution in [0.3, 0.4) is 0 Å². The fourth-order valence-electron chi connectivity index (χ4n) is 0.666. The molecule has 0 heterocycles. The van der Waals surface area contributed by atoms with Gasteiger partial charge in [0.1, 0.15) is 0 Å². The number of carboxylic acid groups (broad SMARTS) is 1. The summed E-state index contributed by atoms with van der Waals surface area (Å²) in [5, 5.41) is 26.0. The number of rotatable bonds is 6. The average molecular weight is 206 g/mol. The Bertz CT molecular complexity index is 202. The third-order valence-corrected chi connectivity index (χ3v) is 1.54. The first-order valence-corrected chi connectivity index (χ1v) is 4.26. The van der Waals surface area contributed by atoms with Gasteiger partial charge < -0.3 is 20.1 Å². The summed E-state index contributed by atoms with van der Waals surface area (Å²) in [5.41, 5.74) is 0. The zero-order valence-electron chi connectivity index (χ0n) is 7.84. The number of esters is 1. The Kier molecular flexibility index (Phi) is 5.82. The number of aliphatic carboxylic acids is 1. The number of unbranched alkanes of at least 4 members (excludes halogenated alkanes) is 1. The highest BCUT2D eigenvalue weighted by Gasteiger charge is 2.31. The van der Waals surface area contributed by atoms with Crippen LogP contribution in [0.2, 0.25) is 0 Å². The van der Waals surface area contributed by atoms with Crippen molar-refractivity contribution in [2.75, 3.05) is 6.61 Å². The van der Waals surface area contributed by atoms with Gasteiger partial charge in [-0.3, -0.25) is 0 Å². The van der Waals surface area contributed by atoms with E-state index in [0.717, 1.165) is 6.42 Å². The molecule has 2 atom stereocenters. The number of aliphatic hydroxyl groups excluding tert-OH is 2. The average Bonchev–Trinajstić information content (AvgIpc) is 2.15. The number of hydrogen-bond acceptors (Lipinski definition) is 5. The molecule has 0 aromatic carbocycles. The minimum atomic E-state index is -2.14. The van der Waals surface area contributed by atoms with Crippen LogP contribution in [0.4, 0.5) is 0 Å². The zero-order chi connectivity index (χ0) is 11.1. The quantitative estimate of drug-likeness (QED) is 0.385. The minimum absolute atomic E-state index is 0.110. The topological polar surface area (TPSA) is 104 Å². The van der Waals surface area contributed by atoms with E-state index in [1.807, 2.05) is 6.92 Å². The van der Waals surface area contributed by atoms with Gasteiger partial charge in [-0.15, -0.1) is 0 Å². The normalized spacial score (nSPS) is 14.5. The highest BCUT2D eigenvalue weighted by Crippen LogP contribution is 1.98. The molecule has 0 amide bonds. The van der Waals surface area contributed by atoms with Crippen molar-refractivity contribution < 1.29 is 29.6 Å².